The minimum Gasteiger partial charge on any atom is -0.340 e. The quantitative estimate of drug-likeness (QED) is 0.930. The molecule has 0 radical (unpaired) electrons. The van der Waals surface area contributed by atoms with Crippen molar-refractivity contribution in [2.45, 2.75) is 19.0 Å². The zero-order chi connectivity index (χ0) is 16.4. The Bertz CT molecular complexity index is 696. The van der Waals surface area contributed by atoms with Crippen LogP contribution in [0.25, 0.3) is 0 Å². The number of hydrogen-bond donors (Lipinski definition) is 1. The van der Waals surface area contributed by atoms with Gasteiger partial charge in [0.1, 0.15) is 5.82 Å². The number of carbonyl (C=O) groups is 1. The van der Waals surface area contributed by atoms with E-state index in [9.17, 15) is 18.0 Å². The molecule has 0 unspecified atom stereocenters. The van der Waals surface area contributed by atoms with Crippen molar-refractivity contribution in [3.8, 4) is 0 Å². The van der Waals surface area contributed by atoms with E-state index in [-0.39, 0.29) is 5.91 Å². The van der Waals surface area contributed by atoms with E-state index in [1.807, 2.05) is 0 Å². The van der Waals surface area contributed by atoms with Gasteiger partial charge in [0.05, 0.1) is 5.56 Å². The van der Waals surface area contributed by atoms with Crippen LogP contribution in [0.2, 0.25) is 0 Å². The summed E-state index contributed by atoms with van der Waals surface area (Å²) < 4.78 is 37.4. The summed E-state index contributed by atoms with van der Waals surface area (Å²) >= 11 is 0. The summed E-state index contributed by atoms with van der Waals surface area (Å²) in [7, 11) is 0. The van der Waals surface area contributed by atoms with Crippen molar-refractivity contribution in [3.63, 3.8) is 0 Å². The third kappa shape index (κ3) is 3.44. The highest BCUT2D eigenvalue weighted by atomic mass is 19.4. The monoisotopic (exact) mass is 321 g/mol. The van der Waals surface area contributed by atoms with E-state index >= 15 is 0 Å². The minimum atomic E-state index is -4.39. The molecule has 1 amide bonds. The molecule has 7 heteroatoms. The molecule has 120 valence electrons. The molecule has 3 rings (SSSR count). The van der Waals surface area contributed by atoms with Crippen molar-refractivity contribution in [1.82, 2.24) is 4.98 Å². The predicted octanol–water partition coefficient (Wildman–Crippen LogP) is 3.97. The van der Waals surface area contributed by atoms with Crippen molar-refractivity contribution in [3.05, 3.63) is 48.2 Å². The Morgan fingerprint density at radius 3 is 2.35 bits per heavy atom. The van der Waals surface area contributed by atoms with Gasteiger partial charge in [-0.15, -0.1) is 0 Å². The Kier molecular flexibility index (Phi) is 3.94. The van der Waals surface area contributed by atoms with Crippen molar-refractivity contribution in [2.24, 2.45) is 0 Å². The average molecular weight is 321 g/mol. The highest BCUT2D eigenvalue weighted by Gasteiger charge is 2.30. The molecule has 0 aliphatic carbocycles. The van der Waals surface area contributed by atoms with E-state index in [0.29, 0.717) is 24.5 Å². The van der Waals surface area contributed by atoms with Gasteiger partial charge in [-0.25, -0.2) is 4.98 Å². The van der Waals surface area contributed by atoms with Crippen molar-refractivity contribution in [1.29, 1.82) is 0 Å². The van der Waals surface area contributed by atoms with Gasteiger partial charge in [-0.05, 0) is 42.8 Å². The first-order valence-corrected chi connectivity index (χ1v) is 7.14. The molecular formula is C16H14F3N3O. The number of benzene rings is 1. The van der Waals surface area contributed by atoms with Gasteiger partial charge < -0.3 is 10.2 Å². The molecule has 1 aromatic heterocycles. The molecular weight excluding hydrogens is 307 g/mol. The van der Waals surface area contributed by atoms with Crippen LogP contribution in [0.3, 0.4) is 0 Å². The van der Waals surface area contributed by atoms with Gasteiger partial charge in [0.2, 0.25) is 5.91 Å². The van der Waals surface area contributed by atoms with Gasteiger partial charge >= 0.3 is 6.18 Å². The maximum atomic E-state index is 12.5. The number of nitrogens with zero attached hydrogens (tertiary/aromatic N) is 2. The maximum absolute atomic E-state index is 12.5. The largest absolute Gasteiger partial charge is 0.417 e. The number of aromatic nitrogens is 1. The number of hydrogen-bond acceptors (Lipinski definition) is 3. The lowest BCUT2D eigenvalue weighted by Gasteiger charge is -2.16. The first-order valence-electron chi connectivity index (χ1n) is 7.14. The molecule has 1 aliphatic rings. The van der Waals surface area contributed by atoms with Crippen LogP contribution >= 0.6 is 0 Å². The molecule has 1 aliphatic heterocycles. The first kappa shape index (κ1) is 15.3. The highest BCUT2D eigenvalue weighted by Crippen LogP contribution is 2.29. The molecule has 2 aromatic rings. The molecule has 1 saturated heterocycles. The summed E-state index contributed by atoms with van der Waals surface area (Å²) in [4.78, 5) is 17.2. The van der Waals surface area contributed by atoms with E-state index in [0.717, 1.165) is 24.4 Å². The fourth-order valence-corrected chi connectivity index (χ4v) is 2.43. The number of alkyl halides is 3. The lowest BCUT2D eigenvalue weighted by Crippen LogP contribution is -2.23. The van der Waals surface area contributed by atoms with Gasteiger partial charge in [0.15, 0.2) is 0 Å². The zero-order valence-corrected chi connectivity index (χ0v) is 12.1. The summed E-state index contributed by atoms with van der Waals surface area (Å²) in [6, 6.07) is 9.39. The smallest absolute Gasteiger partial charge is 0.340 e. The van der Waals surface area contributed by atoms with Crippen LogP contribution in [-0.2, 0) is 11.0 Å². The van der Waals surface area contributed by atoms with E-state index in [2.05, 4.69) is 10.3 Å². The third-order valence-corrected chi connectivity index (χ3v) is 3.62. The van der Waals surface area contributed by atoms with E-state index in [1.54, 1.807) is 29.2 Å². The average Bonchev–Trinajstić information content (AvgIpc) is 2.94. The summed E-state index contributed by atoms with van der Waals surface area (Å²) in [5, 5.41) is 2.93. The molecule has 2 heterocycles. The van der Waals surface area contributed by atoms with Crippen LogP contribution in [0.5, 0.6) is 0 Å². The van der Waals surface area contributed by atoms with Crippen LogP contribution in [0, 0.1) is 0 Å². The van der Waals surface area contributed by atoms with Gasteiger partial charge in [-0.1, -0.05) is 0 Å². The fraction of sp³-hybridized carbons (Fsp3) is 0.250. The number of halogens is 3. The Morgan fingerprint density at radius 1 is 1.09 bits per heavy atom. The van der Waals surface area contributed by atoms with Crippen LogP contribution in [0.4, 0.5) is 30.4 Å². The molecule has 0 spiro atoms. The molecule has 4 nitrogen and oxygen atoms in total. The van der Waals surface area contributed by atoms with Crippen LogP contribution < -0.4 is 10.2 Å². The molecule has 0 bridgehead atoms. The molecule has 0 saturated carbocycles. The van der Waals surface area contributed by atoms with Gasteiger partial charge in [-0.2, -0.15) is 13.2 Å². The molecule has 1 aromatic carbocycles. The van der Waals surface area contributed by atoms with Crippen LogP contribution in [0.15, 0.2) is 42.6 Å². The van der Waals surface area contributed by atoms with E-state index in [1.165, 1.54) is 6.07 Å². The summed E-state index contributed by atoms with van der Waals surface area (Å²) in [6.07, 6.45) is -2.18. The van der Waals surface area contributed by atoms with Gasteiger partial charge in [0, 0.05) is 30.5 Å². The van der Waals surface area contributed by atoms with Crippen molar-refractivity contribution < 1.29 is 18.0 Å². The zero-order valence-electron chi connectivity index (χ0n) is 12.1. The Hall–Kier alpha value is -2.57. The second kappa shape index (κ2) is 5.91. The topological polar surface area (TPSA) is 45.2 Å². The Labute approximate surface area is 130 Å². The van der Waals surface area contributed by atoms with Crippen molar-refractivity contribution in [2.75, 3.05) is 16.8 Å². The number of anilines is 3. The normalized spacial score (nSPS) is 15.1. The Morgan fingerprint density at radius 2 is 1.83 bits per heavy atom. The van der Waals surface area contributed by atoms with Gasteiger partial charge in [0.25, 0.3) is 0 Å². The van der Waals surface area contributed by atoms with E-state index in [4.69, 9.17) is 0 Å². The van der Waals surface area contributed by atoms with Crippen LogP contribution in [0.1, 0.15) is 18.4 Å². The summed E-state index contributed by atoms with van der Waals surface area (Å²) in [5.41, 5.74) is 0.719. The standard InChI is InChI=1S/C16H14F3N3O/c17-16(18,19)11-3-8-14(20-10-11)21-12-4-6-13(7-5-12)22-9-1-2-15(22)23/h3-8,10H,1-2,9H2,(H,20,21). The molecule has 0 atom stereocenters. The number of nitrogens with one attached hydrogen (secondary N) is 1. The highest BCUT2D eigenvalue weighted by molar-refractivity contribution is 5.95. The summed E-state index contributed by atoms with van der Waals surface area (Å²) in [6.45, 7) is 0.714. The van der Waals surface area contributed by atoms with Crippen molar-refractivity contribution >= 4 is 23.1 Å². The minimum absolute atomic E-state index is 0.107. The predicted molar refractivity (Wildman–Crippen MR) is 80.6 cm³/mol. The van der Waals surface area contributed by atoms with Crippen LogP contribution in [-0.4, -0.2) is 17.4 Å². The lowest BCUT2D eigenvalue weighted by molar-refractivity contribution is -0.137. The first-order chi connectivity index (χ1) is 10.9. The van der Waals surface area contributed by atoms with Gasteiger partial charge in [-0.3, -0.25) is 4.79 Å². The number of pyridine rings is 1. The maximum Gasteiger partial charge on any atom is 0.417 e. The number of rotatable bonds is 3. The lowest BCUT2D eigenvalue weighted by atomic mass is 10.2. The second-order valence-electron chi connectivity index (χ2n) is 5.25. The number of amides is 1. The van der Waals surface area contributed by atoms with E-state index < -0.39 is 11.7 Å². The SMILES string of the molecule is O=C1CCCN1c1ccc(Nc2ccc(C(F)(F)F)cn2)cc1. The second-order valence-corrected chi connectivity index (χ2v) is 5.25. The molecule has 23 heavy (non-hydrogen) atoms. The molecule has 1 fully saturated rings. The Balaban J connectivity index is 1.70. The fourth-order valence-electron chi connectivity index (χ4n) is 2.43. The number of carbonyl (C=O) groups excluding carboxylic acids is 1. The molecule has 1 N–H and O–H groups in total. The summed E-state index contributed by atoms with van der Waals surface area (Å²) in [5.74, 6) is 0.429. The third-order valence-electron chi connectivity index (χ3n) is 3.62.